The monoisotopic (exact) mass is 615 g/mol. The molecule has 0 saturated heterocycles. The highest BCUT2D eigenvalue weighted by atomic mass is 79.9. The number of esters is 1. The van der Waals surface area contributed by atoms with Crippen LogP contribution in [0.5, 0.6) is 11.5 Å². The second-order valence-electron chi connectivity index (χ2n) is 8.77. The number of benzene rings is 4. The van der Waals surface area contributed by atoms with Crippen LogP contribution in [-0.4, -0.2) is 29.8 Å². The van der Waals surface area contributed by atoms with E-state index in [4.69, 9.17) is 14.2 Å². The molecule has 202 valence electrons. The van der Waals surface area contributed by atoms with Crippen LogP contribution in [0.2, 0.25) is 0 Å². The second kappa shape index (κ2) is 12.4. The van der Waals surface area contributed by atoms with Crippen LogP contribution in [0.4, 0.5) is 5.69 Å². The summed E-state index contributed by atoms with van der Waals surface area (Å²) >= 11 is 4.83. The van der Waals surface area contributed by atoms with Crippen molar-refractivity contribution in [3.8, 4) is 11.5 Å². The Morgan fingerprint density at radius 2 is 1.77 bits per heavy atom. The SMILES string of the molecule is CCOC(=O)C1=C(O)/C(=C/c2cc(Br)c(OCc3cccc4ccccc34)c(OC)c2)SC1=Nc1ccccc1. The molecule has 5 rings (SSSR count). The Morgan fingerprint density at radius 1 is 1.02 bits per heavy atom. The van der Waals surface area contributed by atoms with Crippen LogP contribution in [0.3, 0.4) is 0 Å². The van der Waals surface area contributed by atoms with Gasteiger partial charge in [-0.1, -0.05) is 72.4 Å². The Labute approximate surface area is 245 Å². The summed E-state index contributed by atoms with van der Waals surface area (Å²) in [6.45, 7) is 2.26. The number of fused-ring (bicyclic) bond motifs is 1. The lowest BCUT2D eigenvalue weighted by Gasteiger charge is -2.15. The van der Waals surface area contributed by atoms with Crippen LogP contribution in [0.25, 0.3) is 16.8 Å². The van der Waals surface area contributed by atoms with E-state index in [-0.39, 0.29) is 17.9 Å². The van der Waals surface area contributed by atoms with E-state index in [1.807, 2.05) is 66.7 Å². The van der Waals surface area contributed by atoms with Crippen molar-refractivity contribution in [2.45, 2.75) is 13.5 Å². The maximum Gasteiger partial charge on any atom is 0.344 e. The Morgan fingerprint density at radius 3 is 2.55 bits per heavy atom. The van der Waals surface area contributed by atoms with Gasteiger partial charge in [-0.15, -0.1) is 0 Å². The number of aliphatic hydroxyl groups is 1. The number of methoxy groups -OCH3 is 1. The fraction of sp³-hybridized carbons (Fsp3) is 0.125. The number of hydrogen-bond acceptors (Lipinski definition) is 7. The van der Waals surface area contributed by atoms with Gasteiger partial charge in [0.25, 0.3) is 0 Å². The number of halogens is 1. The third-order valence-corrected chi connectivity index (χ3v) is 7.77. The van der Waals surface area contributed by atoms with Gasteiger partial charge in [0.15, 0.2) is 11.5 Å². The zero-order valence-corrected chi connectivity index (χ0v) is 24.3. The minimum Gasteiger partial charge on any atom is -0.506 e. The Hall–Kier alpha value is -4.01. The molecule has 0 aliphatic carbocycles. The highest BCUT2D eigenvalue weighted by Crippen LogP contribution is 2.43. The maximum atomic E-state index is 12.7. The molecule has 1 N–H and O–H groups in total. The van der Waals surface area contributed by atoms with Crippen molar-refractivity contribution in [2.24, 2.45) is 4.99 Å². The van der Waals surface area contributed by atoms with E-state index in [9.17, 15) is 9.90 Å². The van der Waals surface area contributed by atoms with E-state index in [2.05, 4.69) is 39.1 Å². The number of carbonyl (C=O) groups excluding carboxylic acids is 1. The first kappa shape index (κ1) is 27.6. The van der Waals surface area contributed by atoms with Crippen LogP contribution in [0.15, 0.2) is 111 Å². The quantitative estimate of drug-likeness (QED) is 0.201. The topological polar surface area (TPSA) is 77.4 Å². The van der Waals surface area contributed by atoms with E-state index in [0.29, 0.717) is 38.2 Å². The average Bonchev–Trinajstić information content (AvgIpc) is 3.26. The number of aliphatic imine (C=N–C) groups is 1. The van der Waals surface area contributed by atoms with Crippen molar-refractivity contribution in [2.75, 3.05) is 13.7 Å². The zero-order chi connectivity index (χ0) is 28.1. The molecule has 0 atom stereocenters. The van der Waals surface area contributed by atoms with Crippen molar-refractivity contribution in [1.29, 1.82) is 0 Å². The summed E-state index contributed by atoms with van der Waals surface area (Å²) in [5.74, 6) is 0.290. The molecule has 4 aromatic rings. The third kappa shape index (κ3) is 5.93. The summed E-state index contributed by atoms with van der Waals surface area (Å²) in [6, 6.07) is 27.3. The molecule has 0 spiro atoms. The second-order valence-corrected chi connectivity index (χ2v) is 10.7. The summed E-state index contributed by atoms with van der Waals surface area (Å²) in [5, 5.41) is 13.7. The fourth-order valence-electron chi connectivity index (χ4n) is 4.29. The van der Waals surface area contributed by atoms with Gasteiger partial charge in [0.2, 0.25) is 0 Å². The highest BCUT2D eigenvalue weighted by Gasteiger charge is 2.33. The molecule has 40 heavy (non-hydrogen) atoms. The van der Waals surface area contributed by atoms with Crippen LogP contribution < -0.4 is 9.47 Å². The summed E-state index contributed by atoms with van der Waals surface area (Å²) in [4.78, 5) is 17.8. The molecule has 0 unspecified atom stereocenters. The van der Waals surface area contributed by atoms with Crippen LogP contribution in [0.1, 0.15) is 18.1 Å². The number of ether oxygens (including phenoxy) is 3. The number of hydrogen-bond donors (Lipinski definition) is 1. The molecule has 1 aliphatic rings. The van der Waals surface area contributed by atoms with E-state index in [1.165, 1.54) is 11.8 Å². The van der Waals surface area contributed by atoms with Crippen molar-refractivity contribution in [3.63, 3.8) is 0 Å². The van der Waals surface area contributed by atoms with Gasteiger partial charge in [-0.25, -0.2) is 9.79 Å². The van der Waals surface area contributed by atoms with Crippen molar-refractivity contribution < 1.29 is 24.1 Å². The number of rotatable bonds is 8. The number of thioether (sulfide) groups is 1. The van der Waals surface area contributed by atoms with E-state index >= 15 is 0 Å². The molecule has 8 heteroatoms. The van der Waals surface area contributed by atoms with Gasteiger partial charge in [-0.3, -0.25) is 0 Å². The summed E-state index contributed by atoms with van der Waals surface area (Å²) in [6.07, 6.45) is 1.77. The molecular weight excluding hydrogens is 590 g/mol. The first-order valence-electron chi connectivity index (χ1n) is 12.6. The van der Waals surface area contributed by atoms with Crippen molar-refractivity contribution in [3.05, 3.63) is 117 Å². The number of aliphatic hydroxyl groups excluding tert-OH is 1. The molecule has 0 radical (unpaired) electrons. The zero-order valence-electron chi connectivity index (χ0n) is 21.9. The van der Waals surface area contributed by atoms with Crippen LogP contribution in [-0.2, 0) is 16.1 Å². The van der Waals surface area contributed by atoms with E-state index in [0.717, 1.165) is 21.9 Å². The van der Waals surface area contributed by atoms with Crippen LogP contribution >= 0.6 is 27.7 Å². The predicted octanol–water partition coefficient (Wildman–Crippen LogP) is 8.38. The summed E-state index contributed by atoms with van der Waals surface area (Å²) in [5.41, 5.74) is 2.51. The first-order valence-corrected chi connectivity index (χ1v) is 14.2. The van der Waals surface area contributed by atoms with Crippen LogP contribution in [0, 0.1) is 0 Å². The summed E-state index contributed by atoms with van der Waals surface area (Å²) in [7, 11) is 1.58. The smallest absolute Gasteiger partial charge is 0.344 e. The molecule has 0 amide bonds. The fourth-order valence-corrected chi connectivity index (χ4v) is 5.90. The Balaban J connectivity index is 1.45. The highest BCUT2D eigenvalue weighted by molar-refractivity contribution is 9.10. The molecular formula is C32H26BrNO5S. The normalized spacial score (nSPS) is 15.2. The van der Waals surface area contributed by atoms with Gasteiger partial charge < -0.3 is 19.3 Å². The lowest BCUT2D eigenvalue weighted by atomic mass is 10.1. The van der Waals surface area contributed by atoms with Crippen molar-refractivity contribution in [1.82, 2.24) is 0 Å². The number of carbonyl (C=O) groups is 1. The molecule has 1 aliphatic heterocycles. The van der Waals surface area contributed by atoms with Gasteiger partial charge in [0.1, 0.15) is 23.0 Å². The molecule has 1 heterocycles. The van der Waals surface area contributed by atoms with E-state index < -0.39 is 5.97 Å². The van der Waals surface area contributed by atoms with Gasteiger partial charge >= 0.3 is 5.97 Å². The van der Waals surface area contributed by atoms with Gasteiger partial charge in [0, 0.05) is 0 Å². The lowest BCUT2D eigenvalue weighted by Crippen LogP contribution is -2.12. The standard InChI is InChI=1S/C32H26BrNO5S/c1-3-38-32(36)28-29(35)27(40-31(28)34-23-13-5-4-6-14-23)18-20-16-25(33)30(26(17-20)37-2)39-19-22-12-9-11-21-10-7-8-15-24(21)22/h4-18,35H,3,19H2,1-2H3/b27-18-,34-31?. The molecule has 0 fully saturated rings. The minimum absolute atomic E-state index is 0.0445. The van der Waals surface area contributed by atoms with Crippen molar-refractivity contribution >= 4 is 61.2 Å². The van der Waals surface area contributed by atoms with Gasteiger partial charge in [0.05, 0.1) is 28.8 Å². The first-order chi connectivity index (χ1) is 19.5. The number of para-hydroxylation sites is 1. The largest absolute Gasteiger partial charge is 0.506 e. The average molecular weight is 617 g/mol. The summed E-state index contributed by atoms with van der Waals surface area (Å²) < 4.78 is 17.8. The Kier molecular flexibility index (Phi) is 8.57. The molecule has 0 saturated carbocycles. The molecule has 4 aromatic carbocycles. The van der Waals surface area contributed by atoms with E-state index in [1.54, 1.807) is 20.1 Å². The maximum absolute atomic E-state index is 12.7. The molecule has 0 bridgehead atoms. The number of nitrogens with zero attached hydrogens (tertiary/aromatic N) is 1. The molecule has 0 aromatic heterocycles. The van der Waals surface area contributed by atoms with Gasteiger partial charge in [-0.05, 0) is 75.1 Å². The minimum atomic E-state index is -0.624. The van der Waals surface area contributed by atoms with Gasteiger partial charge in [-0.2, -0.15) is 0 Å². The predicted molar refractivity (Wildman–Crippen MR) is 164 cm³/mol. The Bertz CT molecular complexity index is 1660. The lowest BCUT2D eigenvalue weighted by molar-refractivity contribution is -0.138. The molecule has 6 nitrogen and oxygen atoms in total. The third-order valence-electron chi connectivity index (χ3n) is 6.16.